The molecule has 6 rings (SSSR count). The van der Waals surface area contributed by atoms with Gasteiger partial charge in [-0.15, -0.1) is 0 Å². The number of fused-ring (bicyclic) bond motifs is 2. The molecule has 0 spiro atoms. The average molecular weight is 496 g/mol. The fourth-order valence-electron chi connectivity index (χ4n) is 4.85. The van der Waals surface area contributed by atoms with E-state index in [0.29, 0.717) is 23.5 Å². The molecular weight excluding hydrogens is 466 g/mol. The minimum atomic E-state index is -0.144. The number of ketones is 1. The maximum absolute atomic E-state index is 13.6. The normalized spacial score (nSPS) is 15.4. The summed E-state index contributed by atoms with van der Waals surface area (Å²) in [7, 11) is 0. The molecule has 6 nitrogen and oxygen atoms in total. The van der Waals surface area contributed by atoms with Crippen LogP contribution in [0.5, 0.6) is 11.5 Å². The second-order valence-electron chi connectivity index (χ2n) is 9.48. The summed E-state index contributed by atoms with van der Waals surface area (Å²) in [6.45, 7) is 6.94. The third-order valence-corrected chi connectivity index (χ3v) is 6.94. The SMILES string of the molecule is Cc1ccc(C(=O)c2oc3cc4c(cc3c2-c2ccc(OCCN3CCOCC3)cc2)CC=CO4)cc1. The summed E-state index contributed by atoms with van der Waals surface area (Å²) >= 11 is 0. The van der Waals surface area contributed by atoms with Gasteiger partial charge in [0.25, 0.3) is 0 Å². The highest BCUT2D eigenvalue weighted by Gasteiger charge is 2.25. The smallest absolute Gasteiger partial charge is 0.228 e. The van der Waals surface area contributed by atoms with E-state index in [1.54, 1.807) is 6.26 Å². The molecule has 2 aliphatic heterocycles. The first kappa shape index (κ1) is 23.5. The van der Waals surface area contributed by atoms with Gasteiger partial charge in [-0.05, 0) is 48.7 Å². The van der Waals surface area contributed by atoms with E-state index in [4.69, 9.17) is 18.6 Å². The van der Waals surface area contributed by atoms with Gasteiger partial charge in [0.15, 0.2) is 5.76 Å². The number of carbonyl (C=O) groups is 1. The Morgan fingerprint density at radius 2 is 1.78 bits per heavy atom. The van der Waals surface area contributed by atoms with Crippen LogP contribution in [0.2, 0.25) is 0 Å². The fraction of sp³-hybridized carbons (Fsp3) is 0.258. The predicted molar refractivity (Wildman–Crippen MR) is 142 cm³/mol. The summed E-state index contributed by atoms with van der Waals surface area (Å²) in [6, 6.07) is 19.4. The van der Waals surface area contributed by atoms with E-state index in [9.17, 15) is 4.79 Å². The molecule has 3 aromatic carbocycles. The van der Waals surface area contributed by atoms with Crippen molar-refractivity contribution in [1.29, 1.82) is 0 Å². The Morgan fingerprint density at radius 1 is 1.00 bits per heavy atom. The Morgan fingerprint density at radius 3 is 2.57 bits per heavy atom. The van der Waals surface area contributed by atoms with Gasteiger partial charge in [0.1, 0.15) is 23.7 Å². The zero-order valence-electron chi connectivity index (χ0n) is 20.9. The average Bonchev–Trinajstić information content (AvgIpc) is 3.31. The molecular formula is C31H29NO5. The largest absolute Gasteiger partial charge is 0.492 e. The summed E-state index contributed by atoms with van der Waals surface area (Å²) in [5, 5.41) is 0.897. The van der Waals surface area contributed by atoms with Crippen LogP contribution >= 0.6 is 0 Å². The highest BCUT2D eigenvalue weighted by molar-refractivity contribution is 6.16. The van der Waals surface area contributed by atoms with Crippen LogP contribution in [0, 0.1) is 6.92 Å². The molecule has 0 radical (unpaired) electrons. The Bertz CT molecular complexity index is 1440. The van der Waals surface area contributed by atoms with E-state index >= 15 is 0 Å². The second kappa shape index (κ2) is 10.2. The summed E-state index contributed by atoms with van der Waals surface area (Å²) in [4.78, 5) is 16.0. The molecule has 0 atom stereocenters. The van der Waals surface area contributed by atoms with E-state index < -0.39 is 0 Å². The highest BCUT2D eigenvalue weighted by atomic mass is 16.5. The Hall–Kier alpha value is -3.87. The second-order valence-corrected chi connectivity index (χ2v) is 9.48. The molecule has 188 valence electrons. The van der Waals surface area contributed by atoms with Crippen LogP contribution in [0.3, 0.4) is 0 Å². The number of hydrogen-bond donors (Lipinski definition) is 0. The van der Waals surface area contributed by atoms with Gasteiger partial charge in [0.05, 0.1) is 19.5 Å². The van der Waals surface area contributed by atoms with Crippen LogP contribution < -0.4 is 9.47 Å². The topological polar surface area (TPSA) is 61.1 Å². The van der Waals surface area contributed by atoms with Crippen molar-refractivity contribution < 1.29 is 23.4 Å². The number of rotatable bonds is 7. The van der Waals surface area contributed by atoms with E-state index in [2.05, 4.69) is 11.0 Å². The van der Waals surface area contributed by atoms with Crippen molar-refractivity contribution >= 4 is 16.8 Å². The zero-order chi connectivity index (χ0) is 25.2. The van der Waals surface area contributed by atoms with Crippen molar-refractivity contribution in [3.05, 3.63) is 95.5 Å². The fourth-order valence-corrected chi connectivity index (χ4v) is 4.85. The van der Waals surface area contributed by atoms with Crippen LogP contribution in [0.4, 0.5) is 0 Å². The summed E-state index contributed by atoms with van der Waals surface area (Å²) in [5.74, 6) is 1.74. The first-order chi connectivity index (χ1) is 18.2. The van der Waals surface area contributed by atoms with Crippen LogP contribution in [0.25, 0.3) is 22.1 Å². The van der Waals surface area contributed by atoms with Gasteiger partial charge in [-0.25, -0.2) is 0 Å². The van der Waals surface area contributed by atoms with Gasteiger partial charge in [-0.2, -0.15) is 0 Å². The molecule has 2 aliphatic rings. The molecule has 3 heterocycles. The number of morpholine rings is 1. The van der Waals surface area contributed by atoms with Crippen molar-refractivity contribution in [2.45, 2.75) is 13.3 Å². The van der Waals surface area contributed by atoms with E-state index in [-0.39, 0.29) is 5.78 Å². The Balaban J connectivity index is 1.33. The van der Waals surface area contributed by atoms with Gasteiger partial charge in [-0.3, -0.25) is 9.69 Å². The van der Waals surface area contributed by atoms with Crippen LogP contribution in [-0.2, 0) is 11.2 Å². The molecule has 4 aromatic rings. The third kappa shape index (κ3) is 4.90. The molecule has 0 aliphatic carbocycles. The minimum absolute atomic E-state index is 0.144. The number of hydrogen-bond acceptors (Lipinski definition) is 6. The molecule has 0 bridgehead atoms. The van der Waals surface area contributed by atoms with Crippen molar-refractivity contribution in [3.63, 3.8) is 0 Å². The van der Waals surface area contributed by atoms with E-state index in [0.717, 1.165) is 78.4 Å². The van der Waals surface area contributed by atoms with Gasteiger partial charge >= 0.3 is 0 Å². The number of carbonyl (C=O) groups excluding carboxylic acids is 1. The number of ether oxygens (including phenoxy) is 3. The number of furan rings is 1. The lowest BCUT2D eigenvalue weighted by molar-refractivity contribution is 0.0322. The van der Waals surface area contributed by atoms with E-state index in [1.807, 2.05) is 67.6 Å². The molecule has 37 heavy (non-hydrogen) atoms. The zero-order valence-corrected chi connectivity index (χ0v) is 20.9. The van der Waals surface area contributed by atoms with Crippen LogP contribution in [0.15, 0.2) is 77.4 Å². The number of benzene rings is 3. The predicted octanol–water partition coefficient (Wildman–Crippen LogP) is 5.80. The molecule has 0 N–H and O–H groups in total. The standard InChI is InChI=1S/C31H29NO5/c1-21-4-6-23(7-5-21)30(33)31-29(26-19-24-3-2-15-36-27(24)20-28(26)37-31)22-8-10-25(11-9-22)35-18-14-32-12-16-34-17-13-32/h2,4-11,15,19-20H,3,12-14,16-18H2,1H3. The number of aryl methyl sites for hydroxylation is 1. The minimum Gasteiger partial charge on any atom is -0.492 e. The van der Waals surface area contributed by atoms with Crippen LogP contribution in [0.1, 0.15) is 27.2 Å². The number of nitrogens with zero attached hydrogens (tertiary/aromatic N) is 1. The van der Waals surface area contributed by atoms with Gasteiger partial charge in [0, 0.05) is 42.2 Å². The maximum atomic E-state index is 13.6. The summed E-state index contributed by atoms with van der Waals surface area (Å²) in [6.07, 6.45) is 4.44. The lowest BCUT2D eigenvalue weighted by Gasteiger charge is -2.26. The van der Waals surface area contributed by atoms with Crippen LogP contribution in [-0.4, -0.2) is 50.1 Å². The molecule has 0 amide bonds. The molecule has 6 heteroatoms. The number of allylic oxidation sites excluding steroid dienone is 1. The monoisotopic (exact) mass is 495 g/mol. The van der Waals surface area contributed by atoms with Crippen molar-refractivity contribution in [2.24, 2.45) is 0 Å². The lowest BCUT2D eigenvalue weighted by atomic mass is 9.96. The van der Waals surface area contributed by atoms with Gasteiger partial charge in [-0.1, -0.05) is 42.0 Å². The maximum Gasteiger partial charge on any atom is 0.228 e. The summed E-state index contributed by atoms with van der Waals surface area (Å²) < 4.78 is 23.3. The van der Waals surface area contributed by atoms with Crippen molar-refractivity contribution in [3.8, 4) is 22.6 Å². The summed E-state index contributed by atoms with van der Waals surface area (Å²) in [5.41, 5.74) is 5.08. The first-order valence-electron chi connectivity index (χ1n) is 12.7. The highest BCUT2D eigenvalue weighted by Crippen LogP contribution is 2.40. The van der Waals surface area contributed by atoms with Crippen molar-refractivity contribution in [2.75, 3.05) is 39.5 Å². The molecule has 0 saturated carbocycles. The Kier molecular flexibility index (Phi) is 6.51. The van der Waals surface area contributed by atoms with Gasteiger partial charge in [0.2, 0.25) is 5.78 Å². The van der Waals surface area contributed by atoms with Gasteiger partial charge < -0.3 is 18.6 Å². The first-order valence-corrected chi connectivity index (χ1v) is 12.7. The third-order valence-electron chi connectivity index (χ3n) is 6.94. The lowest BCUT2D eigenvalue weighted by Crippen LogP contribution is -2.38. The quantitative estimate of drug-likeness (QED) is 0.302. The molecule has 1 saturated heterocycles. The molecule has 1 aromatic heterocycles. The van der Waals surface area contributed by atoms with Crippen molar-refractivity contribution in [1.82, 2.24) is 4.90 Å². The van der Waals surface area contributed by atoms with E-state index in [1.165, 1.54) is 0 Å². The molecule has 1 fully saturated rings. The Labute approximate surface area is 216 Å². The molecule has 0 unspecified atom stereocenters.